The summed E-state index contributed by atoms with van der Waals surface area (Å²) in [4.78, 5) is 26.9. The zero-order chi connectivity index (χ0) is 17.0. The Bertz CT molecular complexity index is 762. The van der Waals surface area contributed by atoms with Gasteiger partial charge in [0.25, 0.3) is 0 Å². The average molecular weight is 314 g/mol. The molecule has 1 aromatic carbocycles. The Hall–Kier alpha value is -2.96. The standard InChI is InChI=1S/C16H18N4O3/c1-10(2)23-14(21)4-5-20-9-18-16(19-20)13-7-11(3)6-12(8-13)15(17)22/h4-10H,1-3H3,(H2,17,22)/b5-4-. The Morgan fingerprint density at radius 1 is 1.30 bits per heavy atom. The van der Waals surface area contributed by atoms with Crippen molar-refractivity contribution in [2.45, 2.75) is 26.9 Å². The van der Waals surface area contributed by atoms with Crippen molar-refractivity contribution < 1.29 is 14.3 Å². The molecule has 2 aromatic rings. The molecule has 0 saturated carbocycles. The van der Waals surface area contributed by atoms with Gasteiger partial charge in [0.15, 0.2) is 5.82 Å². The Labute approximate surface area is 133 Å². The van der Waals surface area contributed by atoms with Gasteiger partial charge in [-0.3, -0.25) is 4.79 Å². The zero-order valence-electron chi connectivity index (χ0n) is 13.2. The molecule has 0 fully saturated rings. The van der Waals surface area contributed by atoms with Gasteiger partial charge in [-0.15, -0.1) is 5.10 Å². The number of benzene rings is 1. The molecule has 0 radical (unpaired) electrons. The molecule has 0 bridgehead atoms. The highest BCUT2D eigenvalue weighted by atomic mass is 16.5. The highest BCUT2D eigenvalue weighted by Crippen LogP contribution is 2.18. The Morgan fingerprint density at radius 3 is 2.70 bits per heavy atom. The number of hydrogen-bond acceptors (Lipinski definition) is 5. The van der Waals surface area contributed by atoms with Crippen LogP contribution in [0.5, 0.6) is 0 Å². The number of nitrogens with two attached hydrogens (primary N) is 1. The summed E-state index contributed by atoms with van der Waals surface area (Å²) >= 11 is 0. The first-order valence-electron chi connectivity index (χ1n) is 7.07. The third-order valence-corrected chi connectivity index (χ3v) is 2.84. The van der Waals surface area contributed by atoms with Crippen molar-refractivity contribution in [2.24, 2.45) is 5.73 Å². The lowest BCUT2D eigenvalue weighted by molar-refractivity contribution is -0.141. The molecule has 0 aliphatic heterocycles. The molecule has 0 saturated heterocycles. The molecule has 23 heavy (non-hydrogen) atoms. The molecule has 7 nitrogen and oxygen atoms in total. The van der Waals surface area contributed by atoms with Crippen LogP contribution in [-0.4, -0.2) is 32.7 Å². The quantitative estimate of drug-likeness (QED) is 0.669. The summed E-state index contributed by atoms with van der Waals surface area (Å²) in [5, 5.41) is 4.23. The molecule has 0 atom stereocenters. The fourth-order valence-corrected chi connectivity index (χ4v) is 1.94. The van der Waals surface area contributed by atoms with Crippen LogP contribution >= 0.6 is 0 Å². The van der Waals surface area contributed by atoms with E-state index in [1.54, 1.807) is 26.0 Å². The summed E-state index contributed by atoms with van der Waals surface area (Å²) in [5.41, 5.74) is 7.26. The van der Waals surface area contributed by atoms with Crippen LogP contribution in [0.4, 0.5) is 0 Å². The van der Waals surface area contributed by atoms with Gasteiger partial charge >= 0.3 is 5.97 Å². The van der Waals surface area contributed by atoms with Crippen LogP contribution < -0.4 is 5.73 Å². The molecular formula is C16H18N4O3. The van der Waals surface area contributed by atoms with E-state index in [-0.39, 0.29) is 6.10 Å². The summed E-state index contributed by atoms with van der Waals surface area (Å²) in [7, 11) is 0. The van der Waals surface area contributed by atoms with E-state index in [0.29, 0.717) is 17.0 Å². The van der Waals surface area contributed by atoms with E-state index in [9.17, 15) is 9.59 Å². The van der Waals surface area contributed by atoms with E-state index in [1.807, 2.05) is 13.0 Å². The predicted molar refractivity (Wildman–Crippen MR) is 85.3 cm³/mol. The maximum Gasteiger partial charge on any atom is 0.332 e. The summed E-state index contributed by atoms with van der Waals surface area (Å²) < 4.78 is 6.37. The van der Waals surface area contributed by atoms with Gasteiger partial charge in [-0.1, -0.05) is 0 Å². The number of carbonyl (C=O) groups excluding carboxylic acids is 2. The lowest BCUT2D eigenvalue weighted by Gasteiger charge is -2.03. The van der Waals surface area contributed by atoms with Crippen molar-refractivity contribution in [3.8, 4) is 11.4 Å². The first-order chi connectivity index (χ1) is 10.8. The fourth-order valence-electron chi connectivity index (χ4n) is 1.94. The summed E-state index contributed by atoms with van der Waals surface area (Å²) in [6.45, 7) is 5.40. The van der Waals surface area contributed by atoms with E-state index in [0.717, 1.165) is 5.56 Å². The molecule has 0 spiro atoms. The minimum absolute atomic E-state index is 0.182. The van der Waals surface area contributed by atoms with Crippen LogP contribution in [0.25, 0.3) is 17.6 Å². The van der Waals surface area contributed by atoms with E-state index in [2.05, 4.69) is 10.1 Å². The molecule has 0 unspecified atom stereocenters. The second-order valence-corrected chi connectivity index (χ2v) is 5.30. The van der Waals surface area contributed by atoms with Gasteiger partial charge in [-0.25, -0.2) is 14.5 Å². The molecule has 1 aromatic heterocycles. The highest BCUT2D eigenvalue weighted by molar-refractivity contribution is 5.94. The fraction of sp³-hybridized carbons (Fsp3) is 0.250. The smallest absolute Gasteiger partial charge is 0.332 e. The maximum atomic E-state index is 11.4. The number of aryl methyl sites for hydroxylation is 1. The predicted octanol–water partition coefficient (Wildman–Crippen LogP) is 1.77. The molecule has 2 rings (SSSR count). The van der Waals surface area contributed by atoms with Crippen molar-refractivity contribution in [2.75, 3.05) is 0 Å². The number of ether oxygens (including phenoxy) is 1. The number of aromatic nitrogens is 3. The van der Waals surface area contributed by atoms with Crippen molar-refractivity contribution in [3.05, 3.63) is 41.7 Å². The number of primary amides is 1. The third kappa shape index (κ3) is 4.50. The van der Waals surface area contributed by atoms with Crippen LogP contribution in [0.2, 0.25) is 0 Å². The van der Waals surface area contributed by atoms with Crippen LogP contribution in [-0.2, 0) is 9.53 Å². The van der Waals surface area contributed by atoms with E-state index in [4.69, 9.17) is 10.5 Å². The number of amides is 1. The van der Waals surface area contributed by atoms with Gasteiger partial charge in [-0.05, 0) is 44.5 Å². The van der Waals surface area contributed by atoms with Gasteiger partial charge in [0.05, 0.1) is 6.10 Å². The lowest BCUT2D eigenvalue weighted by Crippen LogP contribution is -2.11. The maximum absolute atomic E-state index is 11.4. The SMILES string of the molecule is Cc1cc(C(N)=O)cc(-c2ncn(/C=C\C(=O)OC(C)C)n2)c1. The van der Waals surface area contributed by atoms with Gasteiger partial charge in [-0.2, -0.15) is 0 Å². The largest absolute Gasteiger partial charge is 0.460 e. The highest BCUT2D eigenvalue weighted by Gasteiger charge is 2.09. The molecular weight excluding hydrogens is 296 g/mol. The van der Waals surface area contributed by atoms with Crippen molar-refractivity contribution >= 4 is 18.1 Å². The third-order valence-electron chi connectivity index (χ3n) is 2.84. The average Bonchev–Trinajstić information content (AvgIpc) is 2.92. The summed E-state index contributed by atoms with van der Waals surface area (Å²) in [6.07, 6.45) is 3.99. The topological polar surface area (TPSA) is 100 Å². The number of carbonyl (C=O) groups is 2. The lowest BCUT2D eigenvalue weighted by atomic mass is 10.1. The second kappa shape index (κ2) is 6.87. The number of hydrogen-bond donors (Lipinski definition) is 1. The first-order valence-corrected chi connectivity index (χ1v) is 7.07. The van der Waals surface area contributed by atoms with Crippen molar-refractivity contribution in [1.82, 2.24) is 14.8 Å². The normalized spacial score (nSPS) is 11.1. The van der Waals surface area contributed by atoms with Gasteiger partial charge in [0.2, 0.25) is 5.91 Å². The molecule has 1 amide bonds. The minimum Gasteiger partial charge on any atom is -0.460 e. The zero-order valence-corrected chi connectivity index (χ0v) is 13.2. The summed E-state index contributed by atoms with van der Waals surface area (Å²) in [5.74, 6) is -0.535. The molecule has 0 aliphatic rings. The van der Waals surface area contributed by atoms with Crippen LogP contribution in [0.3, 0.4) is 0 Å². The van der Waals surface area contributed by atoms with Gasteiger partial charge in [0.1, 0.15) is 6.33 Å². The van der Waals surface area contributed by atoms with E-state index in [1.165, 1.54) is 23.3 Å². The van der Waals surface area contributed by atoms with Crippen LogP contribution in [0, 0.1) is 6.92 Å². The van der Waals surface area contributed by atoms with Crippen LogP contribution in [0.1, 0.15) is 29.8 Å². The molecule has 2 N–H and O–H groups in total. The molecule has 1 heterocycles. The molecule has 0 aliphatic carbocycles. The monoisotopic (exact) mass is 314 g/mol. The Morgan fingerprint density at radius 2 is 2.04 bits per heavy atom. The Balaban J connectivity index is 2.21. The summed E-state index contributed by atoms with van der Waals surface area (Å²) in [6, 6.07) is 5.18. The van der Waals surface area contributed by atoms with Gasteiger partial charge in [0, 0.05) is 23.4 Å². The first kappa shape index (κ1) is 16.4. The van der Waals surface area contributed by atoms with Crippen LogP contribution in [0.15, 0.2) is 30.6 Å². The van der Waals surface area contributed by atoms with Gasteiger partial charge < -0.3 is 10.5 Å². The minimum atomic E-state index is -0.509. The van der Waals surface area contributed by atoms with E-state index >= 15 is 0 Å². The number of rotatable bonds is 5. The van der Waals surface area contributed by atoms with Crippen molar-refractivity contribution in [1.29, 1.82) is 0 Å². The van der Waals surface area contributed by atoms with Crippen molar-refractivity contribution in [3.63, 3.8) is 0 Å². The molecule has 7 heteroatoms. The number of nitrogens with zero attached hydrogens (tertiary/aromatic N) is 3. The Kier molecular flexibility index (Phi) is 4.90. The number of esters is 1. The second-order valence-electron chi connectivity index (χ2n) is 5.30. The molecule has 120 valence electrons. The van der Waals surface area contributed by atoms with E-state index < -0.39 is 11.9 Å².